The van der Waals surface area contributed by atoms with Crippen LogP contribution in [0.15, 0.2) is 0 Å². The minimum atomic E-state index is 0.511. The van der Waals surface area contributed by atoms with E-state index in [9.17, 15) is 0 Å². The maximum absolute atomic E-state index is 2.32. The zero-order chi connectivity index (χ0) is 9.95. The van der Waals surface area contributed by atoms with Gasteiger partial charge in [-0.3, -0.25) is 0 Å². The molecule has 3 heteroatoms. The normalized spacial score (nSPS) is 24.9. The molecule has 1 aliphatic rings. The van der Waals surface area contributed by atoms with E-state index in [1.807, 2.05) is 0 Å². The van der Waals surface area contributed by atoms with Crippen molar-refractivity contribution in [2.24, 2.45) is 0 Å². The fourth-order valence-electron chi connectivity index (χ4n) is 1.55. The van der Waals surface area contributed by atoms with Gasteiger partial charge in [0.25, 0.3) is 0 Å². The summed E-state index contributed by atoms with van der Waals surface area (Å²) in [5.41, 5.74) is 0. The van der Waals surface area contributed by atoms with E-state index in [1.54, 1.807) is 0 Å². The molecule has 0 aromatic carbocycles. The van der Waals surface area contributed by atoms with Gasteiger partial charge in [-0.05, 0) is 25.7 Å². The van der Waals surface area contributed by atoms with Gasteiger partial charge in [0.2, 0.25) is 0 Å². The molecule has 0 atom stereocenters. The molecule has 0 saturated carbocycles. The van der Waals surface area contributed by atoms with Crippen LogP contribution in [-0.2, 0) is 0 Å². The molecule has 0 N–H and O–H groups in total. The summed E-state index contributed by atoms with van der Waals surface area (Å²) < 4.78 is 1.02. The molecule has 1 heterocycles. The Labute approximate surface area is 94.8 Å². The minimum absolute atomic E-state index is 0.511. The van der Waals surface area contributed by atoms with E-state index in [2.05, 4.69) is 61.0 Å². The van der Waals surface area contributed by atoms with Crippen LogP contribution in [0.5, 0.6) is 0 Å². The summed E-state index contributed by atoms with van der Waals surface area (Å²) in [4.78, 5) is 0. The summed E-state index contributed by atoms with van der Waals surface area (Å²) in [6.45, 7) is 9.30. The summed E-state index contributed by atoms with van der Waals surface area (Å²) in [7, 11) is 4.25. The smallest absolute Gasteiger partial charge is 0.0723 e. The van der Waals surface area contributed by atoms with Crippen LogP contribution in [0.2, 0.25) is 0 Å². The number of hydrogen-bond donors (Lipinski definition) is 0. The van der Waals surface area contributed by atoms with Gasteiger partial charge >= 0.3 is 0 Å². The Bertz CT molecular complexity index is 142. The molecular weight excluding hydrogens is 216 g/mol. The first kappa shape index (κ1) is 12.1. The molecular formula is C10H20S3. The Morgan fingerprint density at radius 2 is 1.00 bits per heavy atom. The highest BCUT2D eigenvalue weighted by Crippen LogP contribution is 2.69. The molecule has 78 valence electrons. The number of hydrogen-bond acceptors (Lipinski definition) is 3. The van der Waals surface area contributed by atoms with Crippen molar-refractivity contribution in [3.05, 3.63) is 0 Å². The zero-order valence-electron chi connectivity index (χ0n) is 9.05. The Kier molecular flexibility index (Phi) is 4.39. The van der Waals surface area contributed by atoms with Gasteiger partial charge in [0, 0.05) is 0 Å². The van der Waals surface area contributed by atoms with Crippen LogP contribution < -0.4 is 0 Å². The maximum Gasteiger partial charge on any atom is 0.0723 e. The van der Waals surface area contributed by atoms with Crippen LogP contribution in [0.4, 0.5) is 0 Å². The second-order valence-electron chi connectivity index (χ2n) is 3.50. The minimum Gasteiger partial charge on any atom is -0.125 e. The van der Waals surface area contributed by atoms with Gasteiger partial charge in [-0.2, -0.15) is 0 Å². The second kappa shape index (κ2) is 4.71. The molecule has 1 saturated heterocycles. The lowest BCUT2D eigenvalue weighted by Gasteiger charge is -2.28. The lowest BCUT2D eigenvalue weighted by molar-refractivity contribution is 0.705. The topological polar surface area (TPSA) is 0 Å². The summed E-state index contributed by atoms with van der Waals surface area (Å²) in [5.74, 6) is 0. The summed E-state index contributed by atoms with van der Waals surface area (Å²) >= 11 is 2.23. The van der Waals surface area contributed by atoms with Crippen LogP contribution >= 0.6 is 33.3 Å². The molecule has 0 amide bonds. The average Bonchev–Trinajstić information content (AvgIpc) is 2.59. The first-order chi connectivity index (χ1) is 6.16. The van der Waals surface area contributed by atoms with Gasteiger partial charge < -0.3 is 0 Å². The molecule has 1 aliphatic heterocycles. The molecule has 0 spiro atoms. The van der Waals surface area contributed by atoms with E-state index in [0.29, 0.717) is 8.16 Å². The quantitative estimate of drug-likeness (QED) is 0.620. The van der Waals surface area contributed by atoms with Crippen molar-refractivity contribution in [1.82, 2.24) is 0 Å². The average molecular weight is 236 g/mol. The van der Waals surface area contributed by atoms with Gasteiger partial charge in [-0.1, -0.05) is 49.3 Å². The fourth-order valence-corrected chi connectivity index (χ4v) is 8.52. The second-order valence-corrected chi connectivity index (χ2v) is 8.68. The van der Waals surface area contributed by atoms with Crippen LogP contribution in [0.3, 0.4) is 0 Å². The van der Waals surface area contributed by atoms with Crippen LogP contribution in [0, 0.1) is 0 Å². The molecule has 0 bridgehead atoms. The first-order valence-electron chi connectivity index (χ1n) is 5.23. The molecule has 0 aromatic heterocycles. The highest BCUT2D eigenvalue weighted by molar-refractivity contribution is 8.83. The third-order valence-corrected chi connectivity index (χ3v) is 10.4. The molecule has 1 fully saturated rings. The van der Waals surface area contributed by atoms with E-state index in [-0.39, 0.29) is 0 Å². The van der Waals surface area contributed by atoms with Gasteiger partial charge in [0.1, 0.15) is 0 Å². The van der Waals surface area contributed by atoms with Crippen molar-refractivity contribution in [3.8, 4) is 0 Å². The molecule has 0 radical (unpaired) electrons. The van der Waals surface area contributed by atoms with E-state index in [1.165, 1.54) is 25.7 Å². The van der Waals surface area contributed by atoms with Gasteiger partial charge in [-0.25, -0.2) is 0 Å². The van der Waals surface area contributed by atoms with Crippen LogP contribution in [0.25, 0.3) is 0 Å². The Balaban J connectivity index is 2.69. The molecule has 0 aliphatic carbocycles. The van der Waals surface area contributed by atoms with Gasteiger partial charge in [0.05, 0.1) is 8.16 Å². The van der Waals surface area contributed by atoms with Crippen LogP contribution in [0.1, 0.15) is 53.4 Å². The van der Waals surface area contributed by atoms with Crippen molar-refractivity contribution >= 4 is 33.3 Å². The number of rotatable bonds is 4. The number of thioether (sulfide) groups is 1. The lowest BCUT2D eigenvalue weighted by Crippen LogP contribution is -2.20. The third kappa shape index (κ3) is 2.35. The lowest BCUT2D eigenvalue weighted by atomic mass is 10.2. The monoisotopic (exact) mass is 236 g/mol. The van der Waals surface area contributed by atoms with Gasteiger partial charge in [0.15, 0.2) is 0 Å². The van der Waals surface area contributed by atoms with Crippen molar-refractivity contribution in [1.29, 1.82) is 0 Å². The predicted octanol–water partition coefficient (Wildman–Crippen LogP) is 5.15. The van der Waals surface area contributed by atoms with E-state index >= 15 is 0 Å². The molecule has 0 aromatic rings. The first-order valence-corrected chi connectivity index (χ1v) is 8.19. The fraction of sp³-hybridized carbons (Fsp3) is 1.00. The Morgan fingerprint density at radius 1 is 0.692 bits per heavy atom. The van der Waals surface area contributed by atoms with E-state index < -0.39 is 0 Å². The highest BCUT2D eigenvalue weighted by Gasteiger charge is 2.46. The molecule has 1 rings (SSSR count). The molecule has 0 nitrogen and oxygen atoms in total. The standard InChI is InChI=1S/C10H20S3/c1-5-9(6-2)11-10(7-3,8-4)13-12-9/h5-8H2,1-4H3. The van der Waals surface area contributed by atoms with Crippen molar-refractivity contribution < 1.29 is 0 Å². The largest absolute Gasteiger partial charge is 0.125 e. The third-order valence-electron chi connectivity index (χ3n) is 2.87. The summed E-state index contributed by atoms with van der Waals surface area (Å²) in [6.07, 6.45) is 5.20. The van der Waals surface area contributed by atoms with Crippen LogP contribution in [-0.4, -0.2) is 8.16 Å². The highest BCUT2D eigenvalue weighted by atomic mass is 33.1. The molecule has 13 heavy (non-hydrogen) atoms. The SMILES string of the molecule is CCC1(CC)SSC(CC)(CC)S1. The van der Waals surface area contributed by atoms with Crippen molar-refractivity contribution in [2.75, 3.05) is 0 Å². The maximum atomic E-state index is 2.32. The van der Waals surface area contributed by atoms with Gasteiger partial charge in [-0.15, -0.1) is 11.8 Å². The molecule has 0 unspecified atom stereocenters. The Hall–Kier alpha value is 1.05. The summed E-state index contributed by atoms with van der Waals surface area (Å²) in [5, 5.41) is 0. The Morgan fingerprint density at radius 3 is 1.15 bits per heavy atom. The summed E-state index contributed by atoms with van der Waals surface area (Å²) in [6, 6.07) is 0. The van der Waals surface area contributed by atoms with E-state index in [4.69, 9.17) is 0 Å². The van der Waals surface area contributed by atoms with Crippen molar-refractivity contribution in [2.45, 2.75) is 61.5 Å². The zero-order valence-corrected chi connectivity index (χ0v) is 11.5. The van der Waals surface area contributed by atoms with E-state index in [0.717, 1.165) is 0 Å². The van der Waals surface area contributed by atoms with Crippen molar-refractivity contribution in [3.63, 3.8) is 0 Å². The predicted molar refractivity (Wildman–Crippen MR) is 69.4 cm³/mol.